The molecule has 6 heteroatoms. The van der Waals surface area contributed by atoms with Crippen molar-refractivity contribution in [2.45, 2.75) is 6.04 Å². The molecule has 0 spiro atoms. The van der Waals surface area contributed by atoms with Crippen LogP contribution in [0.1, 0.15) is 11.6 Å². The first-order valence-electron chi connectivity index (χ1n) is 6.11. The number of fused-ring (bicyclic) bond motifs is 1. The van der Waals surface area contributed by atoms with E-state index in [1.165, 1.54) is 0 Å². The lowest BCUT2D eigenvalue weighted by atomic mass is 10.1. The Morgan fingerprint density at radius 2 is 2.11 bits per heavy atom. The number of anilines is 1. The summed E-state index contributed by atoms with van der Waals surface area (Å²) in [5.41, 5.74) is 1.72. The monoisotopic (exact) mass is 261 g/mol. The lowest BCUT2D eigenvalue weighted by Gasteiger charge is -2.27. The van der Waals surface area contributed by atoms with Gasteiger partial charge in [0.15, 0.2) is 6.61 Å². The van der Waals surface area contributed by atoms with Crippen molar-refractivity contribution in [1.82, 2.24) is 10.2 Å². The number of ether oxygens (including phenoxy) is 1. The van der Waals surface area contributed by atoms with E-state index in [1.807, 2.05) is 18.2 Å². The number of amides is 3. The topological polar surface area (TPSA) is 61.9 Å². The Morgan fingerprint density at radius 1 is 1.32 bits per heavy atom. The highest BCUT2D eigenvalue weighted by atomic mass is 16.5. The highest BCUT2D eigenvalue weighted by Crippen LogP contribution is 2.34. The van der Waals surface area contributed by atoms with Gasteiger partial charge in [-0.25, -0.2) is 4.79 Å². The van der Waals surface area contributed by atoms with E-state index in [-0.39, 0.29) is 24.6 Å². The maximum absolute atomic E-state index is 11.6. The van der Waals surface area contributed by atoms with Crippen molar-refractivity contribution in [2.24, 2.45) is 0 Å². The van der Waals surface area contributed by atoms with E-state index < -0.39 is 0 Å². The van der Waals surface area contributed by atoms with Crippen molar-refractivity contribution in [3.05, 3.63) is 23.8 Å². The predicted molar refractivity (Wildman–Crippen MR) is 69.2 cm³/mol. The van der Waals surface area contributed by atoms with Crippen LogP contribution in [-0.4, -0.2) is 44.1 Å². The molecule has 0 radical (unpaired) electrons. The molecule has 1 unspecified atom stereocenters. The Morgan fingerprint density at radius 3 is 2.79 bits per heavy atom. The first kappa shape index (κ1) is 11.8. The van der Waals surface area contributed by atoms with Crippen LogP contribution in [-0.2, 0) is 4.79 Å². The van der Waals surface area contributed by atoms with Crippen LogP contribution in [0.4, 0.5) is 10.5 Å². The second-order valence-electron chi connectivity index (χ2n) is 4.85. The molecule has 3 rings (SSSR count). The van der Waals surface area contributed by atoms with E-state index in [9.17, 15) is 9.59 Å². The molecule has 1 aromatic carbocycles. The van der Waals surface area contributed by atoms with E-state index >= 15 is 0 Å². The molecule has 1 fully saturated rings. The van der Waals surface area contributed by atoms with Crippen LogP contribution in [0.5, 0.6) is 5.75 Å². The van der Waals surface area contributed by atoms with Gasteiger partial charge in [0.25, 0.3) is 5.91 Å². The summed E-state index contributed by atoms with van der Waals surface area (Å²) in [6, 6.07) is 5.54. The number of benzene rings is 1. The number of urea groups is 1. The number of hydrogen-bond acceptors (Lipinski definition) is 3. The zero-order valence-corrected chi connectivity index (χ0v) is 10.8. The SMILES string of the molecule is CN1CC(c2ccc3c(c2)N(C)C(=O)CO3)NC1=O. The van der Waals surface area contributed by atoms with Crippen LogP contribution in [0, 0.1) is 0 Å². The predicted octanol–water partition coefficient (Wildman–Crippen LogP) is 0.738. The van der Waals surface area contributed by atoms with Crippen molar-refractivity contribution >= 4 is 17.6 Å². The van der Waals surface area contributed by atoms with E-state index in [0.29, 0.717) is 12.3 Å². The van der Waals surface area contributed by atoms with Crippen LogP contribution in [0.25, 0.3) is 0 Å². The smallest absolute Gasteiger partial charge is 0.317 e. The molecule has 2 heterocycles. The summed E-state index contributed by atoms with van der Waals surface area (Å²) in [6.45, 7) is 0.696. The quantitative estimate of drug-likeness (QED) is 0.811. The fourth-order valence-electron chi connectivity index (χ4n) is 2.36. The van der Waals surface area contributed by atoms with Gasteiger partial charge in [-0.3, -0.25) is 4.79 Å². The Bertz CT molecular complexity index is 558. The van der Waals surface area contributed by atoms with Crippen LogP contribution >= 0.6 is 0 Å². The highest BCUT2D eigenvalue weighted by molar-refractivity contribution is 5.97. The number of nitrogens with zero attached hydrogens (tertiary/aromatic N) is 2. The summed E-state index contributed by atoms with van der Waals surface area (Å²) >= 11 is 0. The minimum atomic E-state index is -0.0802. The Balaban J connectivity index is 1.93. The van der Waals surface area contributed by atoms with E-state index in [2.05, 4.69) is 5.32 Å². The van der Waals surface area contributed by atoms with Crippen LogP contribution in [0.15, 0.2) is 18.2 Å². The molecule has 19 heavy (non-hydrogen) atoms. The van der Waals surface area contributed by atoms with Crippen molar-refractivity contribution in [3.8, 4) is 5.75 Å². The minimum absolute atomic E-state index is 0.0479. The van der Waals surface area contributed by atoms with Gasteiger partial charge in [0.05, 0.1) is 11.7 Å². The standard InChI is InChI=1S/C13H15N3O3/c1-15-6-9(14-13(15)18)8-3-4-11-10(5-8)16(2)12(17)7-19-11/h3-5,9H,6-7H2,1-2H3,(H,14,18). The summed E-state index contributed by atoms with van der Waals surface area (Å²) in [7, 11) is 3.49. The van der Waals surface area contributed by atoms with Crippen LogP contribution in [0.2, 0.25) is 0 Å². The van der Waals surface area contributed by atoms with Crippen molar-refractivity contribution in [3.63, 3.8) is 0 Å². The van der Waals surface area contributed by atoms with Crippen LogP contribution in [0.3, 0.4) is 0 Å². The molecule has 100 valence electrons. The summed E-state index contributed by atoms with van der Waals surface area (Å²) in [5.74, 6) is 0.626. The summed E-state index contributed by atoms with van der Waals surface area (Å²) in [4.78, 5) is 26.3. The molecular weight excluding hydrogens is 246 g/mol. The van der Waals surface area contributed by atoms with Gasteiger partial charge >= 0.3 is 6.03 Å². The lowest BCUT2D eigenvalue weighted by molar-refractivity contribution is -0.120. The molecule has 1 N–H and O–H groups in total. The van der Waals surface area contributed by atoms with Crippen molar-refractivity contribution < 1.29 is 14.3 Å². The van der Waals surface area contributed by atoms with Gasteiger partial charge in [-0.15, -0.1) is 0 Å². The second-order valence-corrected chi connectivity index (χ2v) is 4.85. The molecular formula is C13H15N3O3. The largest absolute Gasteiger partial charge is 0.482 e. The molecule has 0 bridgehead atoms. The molecule has 6 nitrogen and oxygen atoms in total. The third kappa shape index (κ3) is 1.89. The number of rotatable bonds is 1. The van der Waals surface area contributed by atoms with E-state index in [1.54, 1.807) is 23.9 Å². The number of hydrogen-bond donors (Lipinski definition) is 1. The maximum Gasteiger partial charge on any atom is 0.317 e. The normalized spacial score (nSPS) is 22.1. The zero-order valence-electron chi connectivity index (χ0n) is 10.8. The average molecular weight is 261 g/mol. The Hall–Kier alpha value is -2.24. The summed E-state index contributed by atoms with van der Waals surface area (Å²) in [6.07, 6.45) is 0. The molecule has 2 aliphatic heterocycles. The number of nitrogens with one attached hydrogen (secondary N) is 1. The molecule has 2 aliphatic rings. The Kier molecular flexibility index (Phi) is 2.58. The number of likely N-dealkylation sites (N-methyl/N-ethyl adjacent to an activating group) is 2. The molecule has 0 saturated carbocycles. The molecule has 3 amide bonds. The highest BCUT2D eigenvalue weighted by Gasteiger charge is 2.29. The molecule has 0 aliphatic carbocycles. The second kappa shape index (κ2) is 4.15. The third-order valence-electron chi connectivity index (χ3n) is 3.57. The fourth-order valence-corrected chi connectivity index (χ4v) is 2.36. The average Bonchev–Trinajstić information content (AvgIpc) is 2.74. The van der Waals surface area contributed by atoms with Gasteiger partial charge in [0.2, 0.25) is 0 Å². The number of carbonyl (C=O) groups is 2. The molecule has 0 aromatic heterocycles. The van der Waals surface area contributed by atoms with Gasteiger partial charge in [-0.2, -0.15) is 0 Å². The number of carbonyl (C=O) groups excluding carboxylic acids is 2. The minimum Gasteiger partial charge on any atom is -0.482 e. The van der Waals surface area contributed by atoms with Crippen molar-refractivity contribution in [1.29, 1.82) is 0 Å². The van der Waals surface area contributed by atoms with Crippen molar-refractivity contribution in [2.75, 3.05) is 32.1 Å². The third-order valence-corrected chi connectivity index (χ3v) is 3.57. The lowest BCUT2D eigenvalue weighted by Crippen LogP contribution is -2.35. The zero-order chi connectivity index (χ0) is 13.6. The first-order valence-corrected chi connectivity index (χ1v) is 6.11. The van der Waals surface area contributed by atoms with Gasteiger partial charge in [0.1, 0.15) is 5.75 Å². The molecule has 1 atom stereocenters. The van der Waals surface area contributed by atoms with E-state index in [4.69, 9.17) is 4.74 Å². The van der Waals surface area contributed by atoms with Gasteiger partial charge in [0, 0.05) is 20.6 Å². The van der Waals surface area contributed by atoms with E-state index in [0.717, 1.165) is 11.3 Å². The van der Waals surface area contributed by atoms with Gasteiger partial charge < -0.3 is 19.9 Å². The molecule has 1 saturated heterocycles. The van der Waals surface area contributed by atoms with Gasteiger partial charge in [-0.05, 0) is 17.7 Å². The summed E-state index contributed by atoms with van der Waals surface area (Å²) < 4.78 is 5.38. The maximum atomic E-state index is 11.6. The first-order chi connectivity index (χ1) is 9.06. The summed E-state index contributed by atoms with van der Waals surface area (Å²) in [5, 5.41) is 2.90. The fraction of sp³-hybridized carbons (Fsp3) is 0.385. The van der Waals surface area contributed by atoms with Crippen LogP contribution < -0.4 is 15.0 Å². The van der Waals surface area contributed by atoms with Gasteiger partial charge in [-0.1, -0.05) is 6.07 Å². The Labute approximate surface area is 110 Å². The molecule has 1 aromatic rings.